The van der Waals surface area contributed by atoms with Crippen LogP contribution in [0.15, 0.2) is 59.1 Å². The normalized spacial score (nSPS) is 10.6. The van der Waals surface area contributed by atoms with E-state index in [9.17, 15) is 4.39 Å². The molecule has 0 bridgehead atoms. The molecule has 0 atom stereocenters. The molecule has 0 unspecified atom stereocenters. The van der Waals surface area contributed by atoms with E-state index in [1.54, 1.807) is 13.2 Å². The first kappa shape index (κ1) is 20.5. The minimum absolute atomic E-state index is 0.242. The third kappa shape index (κ3) is 4.97. The van der Waals surface area contributed by atoms with E-state index < -0.39 is 0 Å². The molecule has 3 aromatic carbocycles. The zero-order chi connectivity index (χ0) is 20.1. The summed E-state index contributed by atoms with van der Waals surface area (Å²) in [5, 5.41) is 4.12. The van der Waals surface area contributed by atoms with Crippen molar-refractivity contribution in [1.29, 1.82) is 0 Å². The number of hydrogen-bond acceptors (Lipinski definition) is 3. The van der Waals surface area contributed by atoms with E-state index in [4.69, 9.17) is 21.1 Å². The van der Waals surface area contributed by atoms with Gasteiger partial charge < -0.3 is 14.8 Å². The van der Waals surface area contributed by atoms with E-state index in [0.29, 0.717) is 18.0 Å². The van der Waals surface area contributed by atoms with E-state index in [1.165, 1.54) is 12.1 Å². The Morgan fingerprint density at radius 2 is 1.86 bits per heavy atom. The summed E-state index contributed by atoms with van der Waals surface area (Å²) in [6.07, 6.45) is 0. The maximum absolute atomic E-state index is 13.3. The lowest BCUT2D eigenvalue weighted by molar-refractivity contribution is 0.282. The highest BCUT2D eigenvalue weighted by Gasteiger charge is 2.13. The number of hydrogen-bond donors (Lipinski definition) is 1. The quantitative estimate of drug-likeness (QED) is 0.419. The number of nitrogens with one attached hydrogen (secondary N) is 1. The molecule has 6 heteroatoms. The second-order valence-corrected chi connectivity index (χ2v) is 7.56. The Balaban J connectivity index is 1.74. The molecule has 146 valence electrons. The molecule has 0 aliphatic heterocycles. The van der Waals surface area contributed by atoms with E-state index >= 15 is 0 Å². The molecular formula is C22H20BrClFNO2. The maximum atomic E-state index is 13.3. The smallest absolute Gasteiger partial charge is 0.175 e. The first-order valence-electron chi connectivity index (χ1n) is 8.70. The molecule has 0 amide bonds. The molecule has 0 saturated carbocycles. The molecule has 0 fully saturated rings. The summed E-state index contributed by atoms with van der Waals surface area (Å²) in [6.45, 7) is 2.82. The largest absolute Gasteiger partial charge is 0.493 e. The monoisotopic (exact) mass is 463 g/mol. The van der Waals surface area contributed by atoms with Gasteiger partial charge in [0.2, 0.25) is 0 Å². The predicted octanol–water partition coefficient (Wildman–Crippen LogP) is 6.75. The van der Waals surface area contributed by atoms with Crippen LogP contribution < -0.4 is 14.8 Å². The van der Waals surface area contributed by atoms with Crippen LogP contribution in [0.5, 0.6) is 11.5 Å². The fraction of sp³-hybridized carbons (Fsp3) is 0.182. The average molecular weight is 465 g/mol. The summed E-state index contributed by atoms with van der Waals surface area (Å²) in [5.74, 6) is 0.893. The Labute approximate surface area is 177 Å². The second-order valence-electron chi connectivity index (χ2n) is 6.29. The second kappa shape index (κ2) is 9.30. The van der Waals surface area contributed by atoms with Crippen molar-refractivity contribution in [1.82, 2.24) is 0 Å². The minimum Gasteiger partial charge on any atom is -0.493 e. The lowest BCUT2D eigenvalue weighted by Crippen LogP contribution is -2.04. The van der Waals surface area contributed by atoms with Gasteiger partial charge in [-0.2, -0.15) is 0 Å². The van der Waals surface area contributed by atoms with Crippen LogP contribution in [0.4, 0.5) is 10.1 Å². The third-order valence-electron chi connectivity index (χ3n) is 4.31. The number of halogens is 3. The molecule has 0 aromatic heterocycles. The van der Waals surface area contributed by atoms with Gasteiger partial charge in [-0.1, -0.05) is 29.8 Å². The molecule has 28 heavy (non-hydrogen) atoms. The molecule has 0 radical (unpaired) electrons. The van der Waals surface area contributed by atoms with Crippen LogP contribution in [-0.2, 0) is 13.2 Å². The first-order valence-corrected chi connectivity index (χ1v) is 9.87. The van der Waals surface area contributed by atoms with Crippen LogP contribution in [0, 0.1) is 12.7 Å². The number of ether oxygens (including phenoxy) is 2. The van der Waals surface area contributed by atoms with Gasteiger partial charge in [0.15, 0.2) is 11.5 Å². The fourth-order valence-corrected chi connectivity index (χ4v) is 3.57. The zero-order valence-electron chi connectivity index (χ0n) is 15.6. The molecular weight excluding hydrogens is 445 g/mol. The van der Waals surface area contributed by atoms with E-state index in [0.717, 1.165) is 31.9 Å². The zero-order valence-corrected chi connectivity index (χ0v) is 17.9. The Bertz CT molecular complexity index is 981. The van der Waals surface area contributed by atoms with E-state index in [1.807, 2.05) is 43.3 Å². The number of rotatable bonds is 7. The van der Waals surface area contributed by atoms with Gasteiger partial charge in [0.25, 0.3) is 0 Å². The molecule has 3 nitrogen and oxygen atoms in total. The molecule has 3 rings (SSSR count). The van der Waals surface area contributed by atoms with Gasteiger partial charge in [0.05, 0.1) is 11.6 Å². The van der Waals surface area contributed by atoms with Crippen molar-refractivity contribution in [3.05, 3.63) is 86.6 Å². The Morgan fingerprint density at radius 1 is 1.07 bits per heavy atom. The molecule has 0 aliphatic carbocycles. The van der Waals surface area contributed by atoms with Gasteiger partial charge in [-0.05, 0) is 75.9 Å². The van der Waals surface area contributed by atoms with Crippen LogP contribution in [0.1, 0.15) is 16.7 Å². The van der Waals surface area contributed by atoms with Gasteiger partial charge >= 0.3 is 0 Å². The lowest BCUT2D eigenvalue weighted by atomic mass is 10.1. The molecule has 0 heterocycles. The Hall–Kier alpha value is -2.24. The highest BCUT2D eigenvalue weighted by atomic mass is 79.9. The highest BCUT2D eigenvalue weighted by Crippen LogP contribution is 2.37. The summed E-state index contributed by atoms with van der Waals surface area (Å²) in [6, 6.07) is 16.0. The summed E-state index contributed by atoms with van der Waals surface area (Å²) in [5.41, 5.74) is 3.75. The highest BCUT2D eigenvalue weighted by molar-refractivity contribution is 9.10. The Morgan fingerprint density at radius 3 is 2.61 bits per heavy atom. The van der Waals surface area contributed by atoms with Crippen LogP contribution in [0.25, 0.3) is 0 Å². The number of methoxy groups -OCH3 is 1. The maximum Gasteiger partial charge on any atom is 0.175 e. The summed E-state index contributed by atoms with van der Waals surface area (Å²) in [7, 11) is 1.59. The van der Waals surface area contributed by atoms with Gasteiger partial charge in [0, 0.05) is 17.3 Å². The van der Waals surface area contributed by atoms with Crippen LogP contribution in [0.2, 0.25) is 5.02 Å². The van der Waals surface area contributed by atoms with Crippen LogP contribution >= 0.6 is 27.5 Å². The van der Waals surface area contributed by atoms with Crippen molar-refractivity contribution in [2.24, 2.45) is 0 Å². The first-order chi connectivity index (χ1) is 13.5. The molecule has 0 aliphatic rings. The lowest BCUT2D eigenvalue weighted by Gasteiger charge is -2.16. The van der Waals surface area contributed by atoms with Gasteiger partial charge in [-0.3, -0.25) is 0 Å². The average Bonchev–Trinajstić information content (AvgIpc) is 2.68. The van der Waals surface area contributed by atoms with Gasteiger partial charge in [0.1, 0.15) is 12.4 Å². The SMILES string of the molecule is COc1cc(CNc2cccc(Cl)c2C)cc(Br)c1OCc1cccc(F)c1. The van der Waals surface area contributed by atoms with Crippen molar-refractivity contribution >= 4 is 33.2 Å². The summed E-state index contributed by atoms with van der Waals surface area (Å²) in [4.78, 5) is 0. The van der Waals surface area contributed by atoms with E-state index in [2.05, 4.69) is 21.2 Å². The summed E-state index contributed by atoms with van der Waals surface area (Å²) >= 11 is 9.73. The minimum atomic E-state index is -0.287. The van der Waals surface area contributed by atoms with Crippen molar-refractivity contribution in [2.45, 2.75) is 20.1 Å². The van der Waals surface area contributed by atoms with Gasteiger partial charge in [-0.25, -0.2) is 4.39 Å². The molecule has 3 aromatic rings. The standard InChI is InChI=1S/C22H20BrClFNO2/c1-14-19(24)7-4-8-20(14)26-12-16-10-18(23)22(21(11-16)27-2)28-13-15-5-3-6-17(25)9-15/h3-11,26H,12-13H2,1-2H3. The van der Waals surface area contributed by atoms with Crippen LogP contribution in [-0.4, -0.2) is 7.11 Å². The topological polar surface area (TPSA) is 30.5 Å². The fourth-order valence-electron chi connectivity index (χ4n) is 2.79. The predicted molar refractivity (Wildman–Crippen MR) is 115 cm³/mol. The third-order valence-corrected chi connectivity index (χ3v) is 5.31. The number of anilines is 1. The van der Waals surface area contributed by atoms with Crippen molar-refractivity contribution in [3.63, 3.8) is 0 Å². The van der Waals surface area contributed by atoms with Crippen molar-refractivity contribution in [3.8, 4) is 11.5 Å². The summed E-state index contributed by atoms with van der Waals surface area (Å²) < 4.78 is 25.5. The molecule has 0 spiro atoms. The molecule has 1 N–H and O–H groups in total. The number of benzene rings is 3. The van der Waals surface area contributed by atoms with Crippen molar-refractivity contribution < 1.29 is 13.9 Å². The Kier molecular flexibility index (Phi) is 6.81. The molecule has 0 saturated heterocycles. The van der Waals surface area contributed by atoms with Gasteiger partial charge in [-0.15, -0.1) is 0 Å². The van der Waals surface area contributed by atoms with Crippen LogP contribution in [0.3, 0.4) is 0 Å². The van der Waals surface area contributed by atoms with E-state index in [-0.39, 0.29) is 12.4 Å². The van der Waals surface area contributed by atoms with Crippen molar-refractivity contribution in [2.75, 3.05) is 12.4 Å².